The van der Waals surface area contributed by atoms with Gasteiger partial charge >= 0.3 is 0 Å². The van der Waals surface area contributed by atoms with Crippen LogP contribution in [0.4, 0.5) is 0 Å². The highest BCUT2D eigenvalue weighted by molar-refractivity contribution is 5.93. The average Bonchev–Trinajstić information content (AvgIpc) is 3.08. The van der Waals surface area contributed by atoms with E-state index in [2.05, 4.69) is 4.98 Å². The first-order valence-corrected chi connectivity index (χ1v) is 7.08. The minimum Gasteiger partial charge on any atom is -0.467 e. The van der Waals surface area contributed by atoms with Crippen LogP contribution in [0, 0.1) is 0 Å². The molecule has 22 heavy (non-hydrogen) atoms. The molecule has 0 bridgehead atoms. The van der Waals surface area contributed by atoms with Crippen molar-refractivity contribution < 1.29 is 9.21 Å². The number of carbonyl (C=O) groups excluding carboxylic acids is 1. The van der Waals surface area contributed by atoms with Crippen LogP contribution < -0.4 is 0 Å². The van der Waals surface area contributed by atoms with Crippen molar-refractivity contribution in [1.82, 2.24) is 9.88 Å². The summed E-state index contributed by atoms with van der Waals surface area (Å²) in [7, 11) is 0. The first-order valence-electron chi connectivity index (χ1n) is 7.08. The number of benzene rings is 1. The van der Waals surface area contributed by atoms with E-state index in [0.717, 1.165) is 11.3 Å². The third kappa shape index (κ3) is 3.41. The van der Waals surface area contributed by atoms with Crippen molar-refractivity contribution in [2.24, 2.45) is 0 Å². The maximum atomic E-state index is 12.7. The second kappa shape index (κ2) is 6.72. The van der Waals surface area contributed by atoms with Crippen molar-refractivity contribution >= 4 is 5.91 Å². The SMILES string of the molecule is O=C(c1cccnc1)N(Cc1ccccc1)Cc1ccco1. The molecule has 1 amide bonds. The van der Waals surface area contributed by atoms with E-state index in [1.165, 1.54) is 0 Å². The maximum absolute atomic E-state index is 12.7. The lowest BCUT2D eigenvalue weighted by Crippen LogP contribution is -2.30. The Kier molecular flexibility index (Phi) is 4.30. The molecule has 110 valence electrons. The van der Waals surface area contributed by atoms with E-state index in [-0.39, 0.29) is 5.91 Å². The van der Waals surface area contributed by atoms with Gasteiger partial charge in [0.1, 0.15) is 5.76 Å². The number of pyridine rings is 1. The van der Waals surface area contributed by atoms with Gasteiger partial charge in [-0.25, -0.2) is 0 Å². The highest BCUT2D eigenvalue weighted by atomic mass is 16.3. The molecule has 2 heterocycles. The lowest BCUT2D eigenvalue weighted by Gasteiger charge is -2.21. The van der Waals surface area contributed by atoms with Crippen LogP contribution in [0.25, 0.3) is 0 Å². The molecule has 4 heteroatoms. The zero-order chi connectivity index (χ0) is 15.2. The molecule has 2 aromatic heterocycles. The van der Waals surface area contributed by atoms with Crippen LogP contribution >= 0.6 is 0 Å². The summed E-state index contributed by atoms with van der Waals surface area (Å²) in [6, 6.07) is 17.1. The number of hydrogen-bond acceptors (Lipinski definition) is 3. The van der Waals surface area contributed by atoms with Crippen LogP contribution in [0.5, 0.6) is 0 Å². The molecule has 1 aromatic carbocycles. The molecule has 0 fully saturated rings. The van der Waals surface area contributed by atoms with E-state index in [9.17, 15) is 4.79 Å². The lowest BCUT2D eigenvalue weighted by atomic mass is 10.2. The Morgan fingerprint density at radius 3 is 2.55 bits per heavy atom. The third-order valence-corrected chi connectivity index (χ3v) is 3.34. The highest BCUT2D eigenvalue weighted by Gasteiger charge is 2.17. The van der Waals surface area contributed by atoms with Gasteiger partial charge in [0, 0.05) is 18.9 Å². The number of furan rings is 1. The molecule has 0 radical (unpaired) electrons. The molecular weight excluding hydrogens is 276 g/mol. The molecule has 0 aliphatic rings. The van der Waals surface area contributed by atoms with Gasteiger partial charge in [0.2, 0.25) is 0 Å². The van der Waals surface area contributed by atoms with E-state index < -0.39 is 0 Å². The summed E-state index contributed by atoms with van der Waals surface area (Å²) in [6.45, 7) is 0.949. The molecule has 0 saturated carbocycles. The number of hydrogen-bond donors (Lipinski definition) is 0. The second-order valence-electron chi connectivity index (χ2n) is 4.97. The van der Waals surface area contributed by atoms with Gasteiger partial charge in [-0.05, 0) is 29.8 Å². The molecule has 0 N–H and O–H groups in total. The van der Waals surface area contributed by atoms with Crippen LogP contribution in [0.2, 0.25) is 0 Å². The predicted molar refractivity (Wildman–Crippen MR) is 83.0 cm³/mol. The zero-order valence-corrected chi connectivity index (χ0v) is 12.1. The van der Waals surface area contributed by atoms with Crippen LogP contribution in [-0.2, 0) is 13.1 Å². The van der Waals surface area contributed by atoms with Crippen molar-refractivity contribution in [2.45, 2.75) is 13.1 Å². The third-order valence-electron chi connectivity index (χ3n) is 3.34. The fraction of sp³-hybridized carbons (Fsp3) is 0.111. The fourth-order valence-electron chi connectivity index (χ4n) is 2.27. The Morgan fingerprint density at radius 1 is 1.00 bits per heavy atom. The number of nitrogens with zero attached hydrogens (tertiary/aromatic N) is 2. The van der Waals surface area contributed by atoms with E-state index in [4.69, 9.17) is 4.42 Å². The lowest BCUT2D eigenvalue weighted by molar-refractivity contribution is 0.0717. The van der Waals surface area contributed by atoms with E-state index in [0.29, 0.717) is 18.7 Å². The predicted octanol–water partition coefficient (Wildman–Crippen LogP) is 3.52. The molecular formula is C18H16N2O2. The Hall–Kier alpha value is -2.88. The molecule has 0 atom stereocenters. The summed E-state index contributed by atoms with van der Waals surface area (Å²) < 4.78 is 5.38. The zero-order valence-electron chi connectivity index (χ0n) is 12.1. The molecule has 0 spiro atoms. The number of rotatable bonds is 5. The van der Waals surface area contributed by atoms with Crippen LogP contribution in [0.1, 0.15) is 21.7 Å². The Labute approximate surface area is 129 Å². The standard InChI is InChI=1S/C18H16N2O2/c21-18(16-8-4-10-19-12-16)20(14-17-9-5-11-22-17)13-15-6-2-1-3-7-15/h1-12H,13-14H2. The average molecular weight is 292 g/mol. The minimum atomic E-state index is -0.0617. The largest absolute Gasteiger partial charge is 0.467 e. The Balaban J connectivity index is 1.84. The van der Waals surface area contributed by atoms with Gasteiger partial charge in [0.15, 0.2) is 0 Å². The first kappa shape index (κ1) is 14.1. The molecule has 0 aliphatic carbocycles. The van der Waals surface area contributed by atoms with Crippen LogP contribution in [0.3, 0.4) is 0 Å². The maximum Gasteiger partial charge on any atom is 0.256 e. The number of amides is 1. The van der Waals surface area contributed by atoms with E-state index in [1.54, 1.807) is 35.7 Å². The summed E-state index contributed by atoms with van der Waals surface area (Å²) in [6.07, 6.45) is 4.86. The van der Waals surface area contributed by atoms with E-state index >= 15 is 0 Å². The van der Waals surface area contributed by atoms with Gasteiger partial charge < -0.3 is 9.32 Å². The second-order valence-corrected chi connectivity index (χ2v) is 4.97. The Morgan fingerprint density at radius 2 is 1.86 bits per heavy atom. The quantitative estimate of drug-likeness (QED) is 0.723. The van der Waals surface area contributed by atoms with Gasteiger partial charge in [-0.3, -0.25) is 9.78 Å². The molecule has 0 unspecified atom stereocenters. The van der Waals surface area contributed by atoms with Gasteiger partial charge in [0.25, 0.3) is 5.91 Å². The first-order chi connectivity index (χ1) is 10.8. The molecule has 0 saturated heterocycles. The van der Waals surface area contributed by atoms with Crippen molar-refractivity contribution in [3.05, 3.63) is 90.1 Å². The summed E-state index contributed by atoms with van der Waals surface area (Å²) in [5, 5.41) is 0. The number of aromatic nitrogens is 1. The summed E-state index contributed by atoms with van der Waals surface area (Å²) in [5.41, 5.74) is 1.65. The topological polar surface area (TPSA) is 46.3 Å². The monoisotopic (exact) mass is 292 g/mol. The van der Waals surface area contributed by atoms with Gasteiger partial charge in [-0.2, -0.15) is 0 Å². The highest BCUT2D eigenvalue weighted by Crippen LogP contribution is 2.14. The number of carbonyl (C=O) groups is 1. The van der Waals surface area contributed by atoms with Crippen molar-refractivity contribution in [3.63, 3.8) is 0 Å². The fourth-order valence-corrected chi connectivity index (χ4v) is 2.27. The van der Waals surface area contributed by atoms with Crippen LogP contribution in [-0.4, -0.2) is 15.8 Å². The summed E-state index contributed by atoms with van der Waals surface area (Å²) >= 11 is 0. The normalized spacial score (nSPS) is 10.4. The van der Waals surface area contributed by atoms with Gasteiger partial charge in [-0.15, -0.1) is 0 Å². The van der Waals surface area contributed by atoms with Gasteiger partial charge in [0.05, 0.1) is 18.4 Å². The van der Waals surface area contributed by atoms with E-state index in [1.807, 2.05) is 42.5 Å². The Bertz CT molecular complexity index is 709. The minimum absolute atomic E-state index is 0.0617. The van der Waals surface area contributed by atoms with Gasteiger partial charge in [-0.1, -0.05) is 30.3 Å². The molecule has 4 nitrogen and oxygen atoms in total. The van der Waals surface area contributed by atoms with Crippen LogP contribution in [0.15, 0.2) is 77.7 Å². The molecule has 3 aromatic rings. The molecule has 3 rings (SSSR count). The summed E-state index contributed by atoms with van der Waals surface area (Å²) in [4.78, 5) is 18.5. The van der Waals surface area contributed by atoms with Crippen molar-refractivity contribution in [1.29, 1.82) is 0 Å². The summed E-state index contributed by atoms with van der Waals surface area (Å²) in [5.74, 6) is 0.696. The van der Waals surface area contributed by atoms with Crippen molar-refractivity contribution in [2.75, 3.05) is 0 Å². The van der Waals surface area contributed by atoms with Crippen molar-refractivity contribution in [3.8, 4) is 0 Å². The molecule has 0 aliphatic heterocycles. The smallest absolute Gasteiger partial charge is 0.256 e.